The maximum absolute atomic E-state index is 12.1. The topological polar surface area (TPSA) is 101 Å². The Morgan fingerprint density at radius 3 is 2.24 bits per heavy atom. The summed E-state index contributed by atoms with van der Waals surface area (Å²) < 4.78 is 22.4. The second kappa shape index (κ2) is 9.63. The lowest BCUT2D eigenvalue weighted by Crippen LogP contribution is -2.20. The zero-order valence-corrected chi connectivity index (χ0v) is 17.4. The number of aromatic nitrogens is 2. The van der Waals surface area contributed by atoms with Gasteiger partial charge in [0, 0.05) is 24.8 Å². The van der Waals surface area contributed by atoms with Crippen molar-refractivity contribution >= 4 is 23.6 Å². The molecule has 9 nitrogen and oxygen atoms in total. The van der Waals surface area contributed by atoms with Crippen LogP contribution in [0.25, 0.3) is 6.08 Å². The minimum Gasteiger partial charge on any atom is -0.496 e. The average molecular weight is 403 g/mol. The van der Waals surface area contributed by atoms with Crippen LogP contribution in [-0.2, 0) is 21.4 Å². The number of benzene rings is 1. The van der Waals surface area contributed by atoms with Crippen LogP contribution < -0.4 is 19.5 Å². The van der Waals surface area contributed by atoms with Crippen LogP contribution in [0.1, 0.15) is 17.0 Å². The van der Waals surface area contributed by atoms with Gasteiger partial charge in [-0.05, 0) is 26.0 Å². The molecule has 1 N–H and O–H groups in total. The second-order valence-electron chi connectivity index (χ2n) is 6.11. The van der Waals surface area contributed by atoms with Gasteiger partial charge in [-0.3, -0.25) is 9.48 Å². The summed E-state index contributed by atoms with van der Waals surface area (Å²) >= 11 is 0. The molecule has 0 saturated carbocycles. The van der Waals surface area contributed by atoms with Gasteiger partial charge in [-0.25, -0.2) is 4.79 Å². The van der Waals surface area contributed by atoms with Gasteiger partial charge in [0.1, 0.15) is 5.75 Å². The van der Waals surface area contributed by atoms with Gasteiger partial charge in [0.05, 0.1) is 38.4 Å². The van der Waals surface area contributed by atoms with Crippen LogP contribution in [0.3, 0.4) is 0 Å². The fraction of sp³-hybridized carbons (Fsp3) is 0.350. The molecule has 0 spiro atoms. The maximum Gasteiger partial charge on any atom is 0.331 e. The van der Waals surface area contributed by atoms with E-state index in [-0.39, 0.29) is 0 Å². The quantitative estimate of drug-likeness (QED) is 0.533. The number of methoxy groups -OCH3 is 3. The lowest BCUT2D eigenvalue weighted by molar-refractivity contribution is -0.142. The summed E-state index contributed by atoms with van der Waals surface area (Å²) in [6.07, 6.45) is 2.72. The molecule has 0 unspecified atom stereocenters. The molecular weight excluding hydrogens is 378 g/mol. The Morgan fingerprint density at radius 1 is 1.07 bits per heavy atom. The summed E-state index contributed by atoms with van der Waals surface area (Å²) in [5.41, 5.74) is 2.69. The molecule has 0 aliphatic heterocycles. The average Bonchev–Trinajstić information content (AvgIpc) is 2.95. The number of amides is 1. The minimum absolute atomic E-state index is 0.417. The number of hydrogen-bond acceptors (Lipinski definition) is 7. The van der Waals surface area contributed by atoms with Crippen LogP contribution in [0, 0.1) is 13.8 Å². The Kier molecular flexibility index (Phi) is 7.24. The Balaban J connectivity index is 2.00. The predicted molar refractivity (Wildman–Crippen MR) is 107 cm³/mol. The number of ether oxygens (including phenoxy) is 4. The highest BCUT2D eigenvalue weighted by Crippen LogP contribution is 2.35. The van der Waals surface area contributed by atoms with Crippen molar-refractivity contribution in [1.82, 2.24) is 9.78 Å². The molecule has 0 aliphatic rings. The lowest BCUT2D eigenvalue weighted by Gasteiger charge is -2.12. The molecule has 0 bridgehead atoms. The Morgan fingerprint density at radius 2 is 1.69 bits per heavy atom. The summed E-state index contributed by atoms with van der Waals surface area (Å²) in [6.45, 7) is 3.20. The fourth-order valence-corrected chi connectivity index (χ4v) is 2.66. The molecule has 1 heterocycles. The Labute approximate surface area is 169 Å². The molecular formula is C20H25N3O6. The van der Waals surface area contributed by atoms with Gasteiger partial charge in [0.2, 0.25) is 0 Å². The molecule has 0 aliphatic carbocycles. The number of carbonyl (C=O) groups excluding carboxylic acids is 2. The van der Waals surface area contributed by atoms with E-state index in [2.05, 4.69) is 10.4 Å². The van der Waals surface area contributed by atoms with Gasteiger partial charge in [-0.1, -0.05) is 0 Å². The summed E-state index contributed by atoms with van der Waals surface area (Å²) in [5.74, 6) is 0.364. The largest absolute Gasteiger partial charge is 0.496 e. The van der Waals surface area contributed by atoms with E-state index in [1.165, 1.54) is 33.5 Å². The monoisotopic (exact) mass is 403 g/mol. The molecule has 2 aromatic rings. The first kappa shape index (κ1) is 21.8. The molecule has 0 saturated heterocycles. The predicted octanol–water partition coefficient (Wildman–Crippen LogP) is 2.26. The zero-order chi connectivity index (χ0) is 21.6. The van der Waals surface area contributed by atoms with Gasteiger partial charge in [-0.2, -0.15) is 5.10 Å². The van der Waals surface area contributed by atoms with Crippen molar-refractivity contribution in [2.45, 2.75) is 13.8 Å². The van der Waals surface area contributed by atoms with Crippen molar-refractivity contribution in [1.29, 1.82) is 0 Å². The Bertz CT molecular complexity index is 933. The van der Waals surface area contributed by atoms with Gasteiger partial charge < -0.3 is 24.3 Å². The van der Waals surface area contributed by atoms with Crippen LogP contribution >= 0.6 is 0 Å². The van der Waals surface area contributed by atoms with Gasteiger partial charge in [0.25, 0.3) is 5.91 Å². The smallest absolute Gasteiger partial charge is 0.331 e. The van der Waals surface area contributed by atoms with E-state index in [4.69, 9.17) is 18.9 Å². The van der Waals surface area contributed by atoms with Crippen LogP contribution in [0.2, 0.25) is 0 Å². The second-order valence-corrected chi connectivity index (χ2v) is 6.11. The zero-order valence-electron chi connectivity index (χ0n) is 17.4. The van der Waals surface area contributed by atoms with Gasteiger partial charge in [0.15, 0.2) is 18.1 Å². The molecule has 9 heteroatoms. The molecule has 1 amide bonds. The van der Waals surface area contributed by atoms with Gasteiger partial charge >= 0.3 is 5.97 Å². The van der Waals surface area contributed by atoms with Crippen molar-refractivity contribution in [2.24, 2.45) is 7.05 Å². The van der Waals surface area contributed by atoms with Crippen LogP contribution in [0.15, 0.2) is 18.2 Å². The number of carbonyl (C=O) groups is 2. The van der Waals surface area contributed by atoms with E-state index < -0.39 is 18.5 Å². The molecule has 0 radical (unpaired) electrons. The van der Waals surface area contributed by atoms with Crippen molar-refractivity contribution in [2.75, 3.05) is 33.3 Å². The molecule has 29 heavy (non-hydrogen) atoms. The molecule has 2 rings (SSSR count). The number of anilines is 1. The number of nitrogens with one attached hydrogen (secondary N) is 1. The van der Waals surface area contributed by atoms with Crippen molar-refractivity contribution in [3.63, 3.8) is 0 Å². The summed E-state index contributed by atoms with van der Waals surface area (Å²) in [7, 11) is 6.31. The molecule has 0 atom stereocenters. The van der Waals surface area contributed by atoms with Crippen LogP contribution in [0.5, 0.6) is 17.2 Å². The summed E-state index contributed by atoms with van der Waals surface area (Å²) in [5, 5.41) is 6.92. The van der Waals surface area contributed by atoms with Crippen LogP contribution in [0.4, 0.5) is 5.69 Å². The standard InChI is InChI=1S/C20H25N3O6/c1-12-20(13(2)23(3)22-12)21-18(24)11-29-19(25)8-7-14-9-16(27-5)17(28-6)10-15(14)26-4/h7-10H,11H2,1-6H3,(H,21,24)/b8-7+. The normalized spacial score (nSPS) is 10.7. The third-order valence-electron chi connectivity index (χ3n) is 4.25. The van der Waals surface area contributed by atoms with Crippen LogP contribution in [-0.4, -0.2) is 49.6 Å². The molecule has 0 fully saturated rings. The number of hydrogen-bond donors (Lipinski definition) is 1. The maximum atomic E-state index is 12.1. The third kappa shape index (κ3) is 5.28. The summed E-state index contributed by atoms with van der Waals surface area (Å²) in [6, 6.07) is 3.32. The number of esters is 1. The number of nitrogens with zero attached hydrogens (tertiary/aromatic N) is 2. The number of aryl methyl sites for hydroxylation is 2. The lowest BCUT2D eigenvalue weighted by atomic mass is 10.1. The van der Waals surface area contributed by atoms with Crippen molar-refractivity contribution in [3.8, 4) is 17.2 Å². The van der Waals surface area contributed by atoms with Gasteiger partial charge in [-0.15, -0.1) is 0 Å². The SMILES string of the molecule is COc1cc(OC)c(OC)cc1/C=C/C(=O)OCC(=O)Nc1c(C)nn(C)c1C. The van der Waals surface area contributed by atoms with E-state index in [1.807, 2.05) is 6.92 Å². The van der Waals surface area contributed by atoms with E-state index in [9.17, 15) is 9.59 Å². The molecule has 1 aromatic heterocycles. The highest BCUT2D eigenvalue weighted by Gasteiger charge is 2.14. The van der Waals surface area contributed by atoms with E-state index in [0.29, 0.717) is 34.2 Å². The first-order valence-corrected chi connectivity index (χ1v) is 8.75. The molecule has 1 aromatic carbocycles. The van der Waals surface area contributed by atoms with E-state index in [0.717, 1.165) is 5.69 Å². The highest BCUT2D eigenvalue weighted by atomic mass is 16.5. The molecule has 156 valence electrons. The van der Waals surface area contributed by atoms with Crippen molar-refractivity contribution in [3.05, 3.63) is 35.2 Å². The van der Waals surface area contributed by atoms with E-state index >= 15 is 0 Å². The first-order chi connectivity index (χ1) is 13.8. The fourth-order valence-electron chi connectivity index (χ4n) is 2.66. The third-order valence-corrected chi connectivity index (χ3v) is 4.25. The number of rotatable bonds is 8. The first-order valence-electron chi connectivity index (χ1n) is 8.75. The summed E-state index contributed by atoms with van der Waals surface area (Å²) in [4.78, 5) is 24.0. The minimum atomic E-state index is -0.670. The van der Waals surface area contributed by atoms with E-state index in [1.54, 1.807) is 30.8 Å². The van der Waals surface area contributed by atoms with Crippen molar-refractivity contribution < 1.29 is 28.5 Å². The highest BCUT2D eigenvalue weighted by molar-refractivity contribution is 5.95. The Hall–Kier alpha value is -3.49.